The molecule has 0 saturated carbocycles. The number of carbonyl (C=O) groups excluding carboxylic acids is 2. The first kappa shape index (κ1) is 55.1. The van der Waals surface area contributed by atoms with Gasteiger partial charge in [0.2, 0.25) is 11.6 Å². The first-order valence-corrected chi connectivity index (χ1v) is 30.3. The normalized spacial score (nSPS) is 14.4. The number of hydrogen-bond acceptors (Lipinski definition) is 6. The quantitative estimate of drug-likeness (QED) is 0.101. The van der Waals surface area contributed by atoms with Crippen LogP contribution in [0.15, 0.2) is 268 Å². The van der Waals surface area contributed by atoms with E-state index < -0.39 is 0 Å². The molecule has 6 heteroatoms. The number of benzene rings is 10. The summed E-state index contributed by atoms with van der Waals surface area (Å²) < 4.78 is 0. The number of nitrogens with zero attached hydrogens (tertiary/aromatic N) is 2. The van der Waals surface area contributed by atoms with Gasteiger partial charge in [0.15, 0.2) is 0 Å². The maximum atomic E-state index is 15.2. The molecule has 2 aliphatic heterocycles. The molecule has 83 heavy (non-hydrogen) atoms. The number of hydrogen-bond donors (Lipinski definition) is 0. The molecule has 0 N–H and O–H groups in total. The number of aryl methyl sites for hydroxylation is 1. The molecule has 0 spiro atoms. The lowest BCUT2D eigenvalue weighted by Gasteiger charge is -2.31. The zero-order valence-corrected chi connectivity index (χ0v) is 50.3. The molecular weight excluding hydrogens is 1050 g/mol. The number of anilines is 6. The zero-order chi connectivity index (χ0) is 57.8. The second-order valence-corrected chi connectivity index (χ2v) is 26.2. The predicted molar refractivity (Wildman–Crippen MR) is 349 cm³/mol. The summed E-state index contributed by atoms with van der Waals surface area (Å²) in [4.78, 5) is 37.5. The van der Waals surface area contributed by atoms with Gasteiger partial charge in [0, 0.05) is 76.7 Å². The van der Waals surface area contributed by atoms with Crippen molar-refractivity contribution in [2.75, 3.05) is 9.80 Å². The van der Waals surface area contributed by atoms with Gasteiger partial charge >= 0.3 is 0 Å². The third-order valence-corrected chi connectivity index (χ3v) is 20.2. The van der Waals surface area contributed by atoms with Crippen molar-refractivity contribution in [2.45, 2.75) is 93.8 Å². The van der Waals surface area contributed by atoms with Crippen LogP contribution in [0, 0.1) is 6.92 Å². The monoisotopic (exact) mass is 1120 g/mol. The van der Waals surface area contributed by atoms with Crippen molar-refractivity contribution in [3.63, 3.8) is 0 Å². The van der Waals surface area contributed by atoms with Crippen molar-refractivity contribution >= 4 is 69.2 Å². The zero-order valence-electron chi connectivity index (χ0n) is 48.7. The molecular formula is C77H68N2O2S2. The molecule has 0 atom stereocenters. The standard InChI is InChI=1S/C77H68N2O2S2/c1-51-46-65(79(61-42-38-57(39-43-61)75(4,5)53-26-16-11-17-27-53)63-35-23-33-59(48-63)77(8,9)55-30-20-13-21-31-55)50-67-70(81)73(83-71(51)67)72-69(80)66-49-64(44-45-68(66)82-72)78(60-40-36-56(37-41-60)74(2,3)52-24-14-10-15-25-52)62-34-22-32-58(47-62)76(6,7)54-28-18-12-19-29-54/h10-50H,1-9H3/b73-72+. The summed E-state index contributed by atoms with van der Waals surface area (Å²) in [5, 5.41) is 0. The maximum absolute atomic E-state index is 15.2. The largest absolute Gasteiger partial charge is 0.310 e. The van der Waals surface area contributed by atoms with Gasteiger partial charge in [0.05, 0.1) is 9.81 Å². The molecule has 410 valence electrons. The number of fused-ring (bicyclic) bond motifs is 2. The van der Waals surface area contributed by atoms with Crippen molar-refractivity contribution < 1.29 is 9.59 Å². The first-order valence-electron chi connectivity index (χ1n) is 28.6. The maximum Gasteiger partial charge on any atom is 0.202 e. The molecule has 0 unspecified atom stereocenters. The summed E-state index contributed by atoms with van der Waals surface area (Å²) in [6, 6.07) is 88.2. The van der Waals surface area contributed by atoms with Gasteiger partial charge < -0.3 is 9.80 Å². The van der Waals surface area contributed by atoms with Crippen LogP contribution in [0.25, 0.3) is 0 Å². The lowest BCUT2D eigenvalue weighted by Crippen LogP contribution is -2.20. The smallest absolute Gasteiger partial charge is 0.202 e. The number of rotatable bonds is 14. The molecule has 0 radical (unpaired) electrons. The van der Waals surface area contributed by atoms with Crippen LogP contribution >= 0.6 is 23.5 Å². The average Bonchev–Trinajstić information content (AvgIpc) is 3.48. The fourth-order valence-electron chi connectivity index (χ4n) is 12.1. The Hall–Kier alpha value is -8.42. The van der Waals surface area contributed by atoms with E-state index in [0.29, 0.717) is 20.9 Å². The highest BCUT2D eigenvalue weighted by atomic mass is 32.2. The average molecular weight is 1120 g/mol. The molecule has 10 aromatic carbocycles. The van der Waals surface area contributed by atoms with E-state index in [1.807, 2.05) is 12.1 Å². The van der Waals surface area contributed by atoms with Gasteiger partial charge in [0.25, 0.3) is 0 Å². The Morgan fingerprint density at radius 2 is 0.614 bits per heavy atom. The predicted octanol–water partition coefficient (Wildman–Crippen LogP) is 20.7. The second-order valence-electron chi connectivity index (χ2n) is 24.2. The molecule has 0 aliphatic carbocycles. The van der Waals surface area contributed by atoms with Crippen molar-refractivity contribution in [1.29, 1.82) is 0 Å². The number of carbonyl (C=O) groups is 2. The molecule has 0 aromatic heterocycles. The Balaban J connectivity index is 0.908. The van der Waals surface area contributed by atoms with Gasteiger partial charge in [-0.25, -0.2) is 0 Å². The Kier molecular flexibility index (Phi) is 14.4. The summed E-state index contributed by atoms with van der Waals surface area (Å²) in [6.45, 7) is 20.2. The molecule has 0 fully saturated rings. The van der Waals surface area contributed by atoms with Crippen LogP contribution in [-0.4, -0.2) is 11.6 Å². The SMILES string of the molecule is Cc1cc(N(c2ccc(C(C)(C)c3ccccc3)cc2)c2cccc(C(C)(C)c3ccccc3)c2)cc2c1S/C(=C1/Sc3ccc(N(c4ccc(C(C)(C)c5ccccc5)cc4)c4cccc(C(C)(C)c5ccccc5)c4)cc3C1=O)C2=O. The minimum atomic E-state index is -0.285. The molecule has 0 saturated heterocycles. The molecule has 2 aliphatic rings. The van der Waals surface area contributed by atoms with E-state index in [4.69, 9.17) is 0 Å². The number of ketones is 2. The van der Waals surface area contributed by atoms with E-state index in [1.165, 1.54) is 68.0 Å². The summed E-state index contributed by atoms with van der Waals surface area (Å²) >= 11 is 2.83. The molecule has 0 bridgehead atoms. The molecule has 0 amide bonds. The van der Waals surface area contributed by atoms with E-state index in [2.05, 4.69) is 309 Å². The first-order chi connectivity index (χ1) is 39.9. The summed E-state index contributed by atoms with van der Waals surface area (Å²) in [5.41, 5.74) is 16.5. The summed E-state index contributed by atoms with van der Waals surface area (Å²) in [5.74, 6) is -0.263. The topological polar surface area (TPSA) is 40.6 Å². The molecule has 4 nitrogen and oxygen atoms in total. The van der Waals surface area contributed by atoms with Crippen LogP contribution in [0.4, 0.5) is 34.1 Å². The second kappa shape index (κ2) is 21.7. The van der Waals surface area contributed by atoms with E-state index in [0.717, 1.165) is 49.5 Å². The minimum Gasteiger partial charge on any atom is -0.310 e. The van der Waals surface area contributed by atoms with Crippen LogP contribution in [0.2, 0.25) is 0 Å². The molecule has 12 rings (SSSR count). The summed E-state index contributed by atoms with van der Waals surface area (Å²) in [7, 11) is 0. The highest BCUT2D eigenvalue weighted by molar-refractivity contribution is 8.08. The van der Waals surface area contributed by atoms with Gasteiger partial charge in [-0.3, -0.25) is 9.59 Å². The van der Waals surface area contributed by atoms with Crippen molar-refractivity contribution in [3.05, 3.63) is 320 Å². The number of Topliss-reactive ketones (excluding diaryl/α,β-unsaturated/α-hetero) is 2. The van der Waals surface area contributed by atoms with Gasteiger partial charge in [-0.05, 0) is 136 Å². The van der Waals surface area contributed by atoms with Crippen molar-refractivity contribution in [1.82, 2.24) is 0 Å². The fraction of sp³-hybridized carbons (Fsp3) is 0.169. The van der Waals surface area contributed by atoms with Gasteiger partial charge in [0.1, 0.15) is 0 Å². The van der Waals surface area contributed by atoms with Crippen LogP contribution in [0.3, 0.4) is 0 Å². The van der Waals surface area contributed by atoms with E-state index in [9.17, 15) is 0 Å². The van der Waals surface area contributed by atoms with Crippen LogP contribution in [0.1, 0.15) is 126 Å². The van der Waals surface area contributed by atoms with Crippen LogP contribution in [0.5, 0.6) is 0 Å². The fourth-order valence-corrected chi connectivity index (χ4v) is 14.4. The Morgan fingerprint density at radius 3 is 1.05 bits per heavy atom. The molecule has 10 aromatic rings. The third kappa shape index (κ3) is 10.2. The Morgan fingerprint density at radius 1 is 0.289 bits per heavy atom. The Labute approximate surface area is 499 Å². The highest BCUT2D eigenvalue weighted by Crippen LogP contribution is 2.53. The van der Waals surface area contributed by atoms with Gasteiger partial charge in [-0.2, -0.15) is 0 Å². The van der Waals surface area contributed by atoms with Crippen LogP contribution in [-0.2, 0) is 21.7 Å². The minimum absolute atomic E-state index is 0.129. The highest BCUT2D eigenvalue weighted by Gasteiger charge is 2.39. The van der Waals surface area contributed by atoms with Crippen molar-refractivity contribution in [2.24, 2.45) is 0 Å². The van der Waals surface area contributed by atoms with Crippen LogP contribution < -0.4 is 9.80 Å². The van der Waals surface area contributed by atoms with E-state index in [1.54, 1.807) is 0 Å². The number of thioether (sulfide) groups is 2. The Bertz CT molecular complexity index is 4110. The lowest BCUT2D eigenvalue weighted by molar-refractivity contribution is 0.101. The van der Waals surface area contributed by atoms with Crippen molar-refractivity contribution in [3.8, 4) is 0 Å². The van der Waals surface area contributed by atoms with E-state index in [-0.39, 0.29) is 33.2 Å². The van der Waals surface area contributed by atoms with Gasteiger partial charge in [-0.1, -0.05) is 249 Å². The van der Waals surface area contributed by atoms with Gasteiger partial charge in [-0.15, -0.1) is 0 Å². The summed E-state index contributed by atoms with van der Waals surface area (Å²) in [6.07, 6.45) is 0. The number of allylic oxidation sites excluding steroid dienone is 2. The third-order valence-electron chi connectivity index (χ3n) is 17.6. The van der Waals surface area contributed by atoms with E-state index >= 15 is 9.59 Å². The lowest BCUT2D eigenvalue weighted by atomic mass is 9.78. The molecule has 2 heterocycles.